The van der Waals surface area contributed by atoms with Crippen LogP contribution in [0.5, 0.6) is 0 Å². The molecular formula is C16H20N4O3. The molecule has 1 aromatic carbocycles. The largest absolute Gasteiger partial charge is 0.447 e. The van der Waals surface area contributed by atoms with Gasteiger partial charge in [-0.15, -0.1) is 0 Å². The molecule has 122 valence electrons. The average molecular weight is 316 g/mol. The summed E-state index contributed by atoms with van der Waals surface area (Å²) in [6.07, 6.45) is 1.48. The standard InChI is InChI=1S/C16H20N4O3/c1-3-5-14-18-15(23-19-14)11(2)17-12-6-4-7-13(10-12)20-8-9-22-16(20)21/h4,6-7,10-11,17H,3,5,8-9H2,1-2H3/t11-/m0/s1. The molecule has 1 atom stereocenters. The molecule has 0 spiro atoms. The molecular weight excluding hydrogens is 296 g/mol. The van der Waals surface area contributed by atoms with Crippen LogP contribution in [0.3, 0.4) is 0 Å². The number of hydrogen-bond donors (Lipinski definition) is 1. The van der Waals surface area contributed by atoms with E-state index in [-0.39, 0.29) is 12.1 Å². The van der Waals surface area contributed by atoms with Crippen molar-refractivity contribution in [3.63, 3.8) is 0 Å². The van der Waals surface area contributed by atoms with Gasteiger partial charge in [0.1, 0.15) is 12.6 Å². The molecule has 1 aliphatic heterocycles. The lowest BCUT2D eigenvalue weighted by molar-refractivity contribution is 0.181. The maximum Gasteiger partial charge on any atom is 0.414 e. The monoisotopic (exact) mass is 316 g/mol. The van der Waals surface area contributed by atoms with E-state index in [1.54, 1.807) is 4.90 Å². The molecule has 1 saturated heterocycles. The Morgan fingerprint density at radius 2 is 2.30 bits per heavy atom. The Labute approximate surface area is 134 Å². The maximum absolute atomic E-state index is 11.6. The van der Waals surface area contributed by atoms with Gasteiger partial charge in [-0.3, -0.25) is 4.90 Å². The van der Waals surface area contributed by atoms with E-state index in [0.29, 0.717) is 19.0 Å². The number of ether oxygens (including phenoxy) is 1. The quantitative estimate of drug-likeness (QED) is 0.881. The Kier molecular flexibility index (Phi) is 4.45. The Morgan fingerprint density at radius 1 is 1.43 bits per heavy atom. The van der Waals surface area contributed by atoms with Gasteiger partial charge in [-0.25, -0.2) is 4.79 Å². The number of benzene rings is 1. The van der Waals surface area contributed by atoms with Crippen LogP contribution in [0.2, 0.25) is 0 Å². The van der Waals surface area contributed by atoms with Gasteiger partial charge in [-0.2, -0.15) is 4.98 Å². The second-order valence-corrected chi connectivity index (χ2v) is 5.48. The van der Waals surface area contributed by atoms with Crippen molar-refractivity contribution in [1.82, 2.24) is 10.1 Å². The highest BCUT2D eigenvalue weighted by Gasteiger charge is 2.23. The second kappa shape index (κ2) is 6.68. The molecule has 3 rings (SSSR count). The third-order valence-corrected chi connectivity index (χ3v) is 3.63. The van der Waals surface area contributed by atoms with Crippen LogP contribution in [0.25, 0.3) is 0 Å². The number of aryl methyl sites for hydroxylation is 1. The molecule has 0 aliphatic carbocycles. The van der Waals surface area contributed by atoms with Crippen molar-refractivity contribution in [2.45, 2.75) is 32.7 Å². The van der Waals surface area contributed by atoms with Gasteiger partial charge < -0.3 is 14.6 Å². The lowest BCUT2D eigenvalue weighted by Gasteiger charge is -2.16. The smallest absolute Gasteiger partial charge is 0.414 e. The summed E-state index contributed by atoms with van der Waals surface area (Å²) in [7, 11) is 0. The summed E-state index contributed by atoms with van der Waals surface area (Å²) in [5.41, 5.74) is 1.69. The predicted octanol–water partition coefficient (Wildman–Crippen LogP) is 3.15. The first-order chi connectivity index (χ1) is 11.2. The molecule has 0 radical (unpaired) electrons. The molecule has 7 nitrogen and oxygen atoms in total. The van der Waals surface area contributed by atoms with E-state index in [9.17, 15) is 4.79 Å². The molecule has 2 heterocycles. The first kappa shape index (κ1) is 15.3. The van der Waals surface area contributed by atoms with E-state index in [1.807, 2.05) is 31.2 Å². The predicted molar refractivity (Wildman–Crippen MR) is 85.5 cm³/mol. The molecule has 0 unspecified atom stereocenters. The molecule has 23 heavy (non-hydrogen) atoms. The number of carbonyl (C=O) groups is 1. The third-order valence-electron chi connectivity index (χ3n) is 3.63. The van der Waals surface area contributed by atoms with Crippen LogP contribution >= 0.6 is 0 Å². The van der Waals surface area contributed by atoms with E-state index in [1.165, 1.54) is 0 Å². The van der Waals surface area contributed by atoms with Crippen LogP contribution in [-0.2, 0) is 11.2 Å². The SMILES string of the molecule is CCCc1noc([C@H](C)Nc2cccc(N3CCOC3=O)c2)n1. The van der Waals surface area contributed by atoms with Crippen molar-refractivity contribution in [3.05, 3.63) is 36.0 Å². The number of nitrogens with zero attached hydrogens (tertiary/aromatic N) is 3. The van der Waals surface area contributed by atoms with Crippen molar-refractivity contribution in [2.75, 3.05) is 23.4 Å². The van der Waals surface area contributed by atoms with E-state index < -0.39 is 0 Å². The average Bonchev–Trinajstić information content (AvgIpc) is 3.17. The van der Waals surface area contributed by atoms with Crippen LogP contribution in [0, 0.1) is 0 Å². The van der Waals surface area contributed by atoms with Crippen LogP contribution in [0.4, 0.5) is 16.2 Å². The number of nitrogens with one attached hydrogen (secondary N) is 1. The summed E-state index contributed by atoms with van der Waals surface area (Å²) < 4.78 is 10.3. The summed E-state index contributed by atoms with van der Waals surface area (Å²) in [6.45, 7) is 5.03. The highest BCUT2D eigenvalue weighted by atomic mass is 16.6. The maximum atomic E-state index is 11.6. The number of cyclic esters (lactones) is 1. The van der Waals surface area contributed by atoms with Gasteiger partial charge in [0.15, 0.2) is 5.82 Å². The minimum absolute atomic E-state index is 0.117. The molecule has 1 aromatic heterocycles. The minimum atomic E-state index is -0.309. The van der Waals surface area contributed by atoms with Gasteiger partial charge in [0.05, 0.1) is 6.54 Å². The summed E-state index contributed by atoms with van der Waals surface area (Å²) in [5, 5.41) is 7.28. The van der Waals surface area contributed by atoms with Crippen molar-refractivity contribution in [1.29, 1.82) is 0 Å². The topological polar surface area (TPSA) is 80.5 Å². The van der Waals surface area contributed by atoms with Crippen molar-refractivity contribution in [2.24, 2.45) is 0 Å². The van der Waals surface area contributed by atoms with Crippen molar-refractivity contribution >= 4 is 17.5 Å². The number of rotatable bonds is 6. The van der Waals surface area contributed by atoms with Gasteiger partial charge in [-0.1, -0.05) is 18.1 Å². The molecule has 1 aliphatic rings. The highest BCUT2D eigenvalue weighted by Crippen LogP contribution is 2.25. The summed E-state index contributed by atoms with van der Waals surface area (Å²) in [6, 6.07) is 7.51. The fourth-order valence-corrected chi connectivity index (χ4v) is 2.47. The van der Waals surface area contributed by atoms with Gasteiger partial charge in [0.25, 0.3) is 0 Å². The highest BCUT2D eigenvalue weighted by molar-refractivity contribution is 5.89. The van der Waals surface area contributed by atoms with Crippen LogP contribution < -0.4 is 10.2 Å². The molecule has 2 aromatic rings. The summed E-state index contributed by atoms with van der Waals surface area (Å²) in [4.78, 5) is 17.6. The van der Waals surface area contributed by atoms with E-state index in [4.69, 9.17) is 9.26 Å². The zero-order valence-electron chi connectivity index (χ0n) is 13.3. The molecule has 1 amide bonds. The third kappa shape index (κ3) is 3.44. The lowest BCUT2D eigenvalue weighted by Crippen LogP contribution is -2.23. The number of amides is 1. The summed E-state index contributed by atoms with van der Waals surface area (Å²) in [5.74, 6) is 1.28. The first-order valence-corrected chi connectivity index (χ1v) is 7.80. The molecule has 7 heteroatoms. The molecule has 0 bridgehead atoms. The number of anilines is 2. The van der Waals surface area contributed by atoms with Crippen LogP contribution in [0.1, 0.15) is 38.0 Å². The van der Waals surface area contributed by atoms with Crippen LogP contribution in [0.15, 0.2) is 28.8 Å². The lowest BCUT2D eigenvalue weighted by atomic mass is 10.2. The second-order valence-electron chi connectivity index (χ2n) is 5.48. The minimum Gasteiger partial charge on any atom is -0.447 e. The zero-order chi connectivity index (χ0) is 16.2. The number of hydrogen-bond acceptors (Lipinski definition) is 6. The van der Waals surface area contributed by atoms with Gasteiger partial charge in [0, 0.05) is 17.8 Å². The number of carbonyl (C=O) groups excluding carboxylic acids is 1. The van der Waals surface area contributed by atoms with Gasteiger partial charge >= 0.3 is 6.09 Å². The van der Waals surface area contributed by atoms with Gasteiger partial charge in [-0.05, 0) is 31.5 Å². The van der Waals surface area contributed by atoms with Crippen molar-refractivity contribution < 1.29 is 14.1 Å². The van der Waals surface area contributed by atoms with Gasteiger partial charge in [0.2, 0.25) is 5.89 Å². The Balaban J connectivity index is 1.70. The summed E-state index contributed by atoms with van der Waals surface area (Å²) >= 11 is 0. The molecule has 1 fully saturated rings. The normalized spacial score (nSPS) is 15.6. The molecule has 1 N–H and O–H groups in total. The van der Waals surface area contributed by atoms with Crippen LogP contribution in [-0.4, -0.2) is 29.4 Å². The van der Waals surface area contributed by atoms with E-state index in [0.717, 1.165) is 30.0 Å². The first-order valence-electron chi connectivity index (χ1n) is 7.80. The Hall–Kier alpha value is -2.57. The van der Waals surface area contributed by atoms with Crippen molar-refractivity contribution in [3.8, 4) is 0 Å². The zero-order valence-corrected chi connectivity index (χ0v) is 13.3. The van der Waals surface area contributed by atoms with E-state index in [2.05, 4.69) is 22.4 Å². The van der Waals surface area contributed by atoms with E-state index >= 15 is 0 Å². The number of aromatic nitrogens is 2. The molecule has 0 saturated carbocycles. The fraction of sp³-hybridized carbons (Fsp3) is 0.438. The Bertz CT molecular complexity index is 685. The Morgan fingerprint density at radius 3 is 3.04 bits per heavy atom. The fourth-order valence-electron chi connectivity index (χ4n) is 2.47.